The van der Waals surface area contributed by atoms with Gasteiger partial charge in [0.15, 0.2) is 5.82 Å². The summed E-state index contributed by atoms with van der Waals surface area (Å²) in [5.41, 5.74) is 7.40. The van der Waals surface area contributed by atoms with Crippen molar-refractivity contribution in [3.05, 3.63) is 35.4 Å². The zero-order valence-electron chi connectivity index (χ0n) is 10.7. The smallest absolute Gasteiger partial charge is 0.164 e. The second-order valence-electron chi connectivity index (χ2n) is 4.25. The topological polar surface area (TPSA) is 56.7 Å². The predicted molar refractivity (Wildman–Crippen MR) is 68.3 cm³/mol. The number of nitrogens with two attached hydrogens (primary N) is 1. The molecule has 2 rings (SSSR count). The highest BCUT2D eigenvalue weighted by atomic mass is 19.1. The van der Waals surface area contributed by atoms with Crippen LogP contribution in [0.15, 0.2) is 18.2 Å². The van der Waals surface area contributed by atoms with Gasteiger partial charge in [-0.1, -0.05) is 6.92 Å². The van der Waals surface area contributed by atoms with Gasteiger partial charge in [-0.25, -0.2) is 4.39 Å². The Morgan fingerprint density at radius 3 is 2.72 bits per heavy atom. The SMILES string of the molecule is CCCn1c(CN)nnc1-c1ccc(F)cc1C. The molecule has 2 N–H and O–H groups in total. The van der Waals surface area contributed by atoms with Crippen molar-refractivity contribution in [3.8, 4) is 11.4 Å². The van der Waals surface area contributed by atoms with Crippen LogP contribution in [0, 0.1) is 12.7 Å². The van der Waals surface area contributed by atoms with Crippen molar-refractivity contribution in [2.45, 2.75) is 33.4 Å². The van der Waals surface area contributed by atoms with Gasteiger partial charge in [0.25, 0.3) is 0 Å². The number of hydrogen-bond donors (Lipinski definition) is 1. The Morgan fingerprint density at radius 1 is 1.33 bits per heavy atom. The molecule has 2 aromatic rings. The van der Waals surface area contributed by atoms with Crippen molar-refractivity contribution in [2.24, 2.45) is 5.73 Å². The van der Waals surface area contributed by atoms with Crippen LogP contribution in [0.2, 0.25) is 0 Å². The standard InChI is InChI=1S/C13H17FN4/c1-3-6-18-12(8-15)16-17-13(18)11-5-4-10(14)7-9(11)2/h4-5,7H,3,6,8,15H2,1-2H3. The van der Waals surface area contributed by atoms with E-state index in [2.05, 4.69) is 17.1 Å². The molecule has 0 saturated heterocycles. The van der Waals surface area contributed by atoms with Crippen LogP contribution in [-0.4, -0.2) is 14.8 Å². The van der Waals surface area contributed by atoms with Crippen LogP contribution in [0.3, 0.4) is 0 Å². The highest BCUT2D eigenvalue weighted by molar-refractivity contribution is 5.60. The minimum Gasteiger partial charge on any atom is -0.324 e. The van der Waals surface area contributed by atoms with Crippen molar-refractivity contribution >= 4 is 0 Å². The van der Waals surface area contributed by atoms with E-state index in [0.717, 1.165) is 35.7 Å². The summed E-state index contributed by atoms with van der Waals surface area (Å²) in [6.45, 7) is 5.12. The van der Waals surface area contributed by atoms with E-state index in [-0.39, 0.29) is 5.82 Å². The van der Waals surface area contributed by atoms with Crippen molar-refractivity contribution in [1.82, 2.24) is 14.8 Å². The average molecular weight is 248 g/mol. The third kappa shape index (κ3) is 2.26. The van der Waals surface area contributed by atoms with Gasteiger partial charge in [-0.15, -0.1) is 10.2 Å². The third-order valence-corrected chi connectivity index (χ3v) is 2.89. The zero-order chi connectivity index (χ0) is 13.1. The van der Waals surface area contributed by atoms with Crippen LogP contribution in [0.25, 0.3) is 11.4 Å². The largest absolute Gasteiger partial charge is 0.324 e. The second kappa shape index (κ2) is 5.27. The van der Waals surface area contributed by atoms with Gasteiger partial charge in [0.05, 0.1) is 6.54 Å². The monoisotopic (exact) mass is 248 g/mol. The summed E-state index contributed by atoms with van der Waals surface area (Å²) in [7, 11) is 0. The van der Waals surface area contributed by atoms with Gasteiger partial charge in [0.2, 0.25) is 0 Å². The van der Waals surface area contributed by atoms with E-state index >= 15 is 0 Å². The van der Waals surface area contributed by atoms with Gasteiger partial charge in [0.1, 0.15) is 11.6 Å². The molecule has 0 unspecified atom stereocenters. The fourth-order valence-corrected chi connectivity index (χ4v) is 2.02. The molecule has 0 aliphatic heterocycles. The Kier molecular flexibility index (Phi) is 3.72. The number of benzene rings is 1. The summed E-state index contributed by atoms with van der Waals surface area (Å²) in [6, 6.07) is 4.68. The van der Waals surface area contributed by atoms with E-state index in [1.165, 1.54) is 12.1 Å². The molecule has 5 heteroatoms. The van der Waals surface area contributed by atoms with Crippen LogP contribution in [0.1, 0.15) is 24.7 Å². The van der Waals surface area contributed by atoms with Crippen molar-refractivity contribution in [1.29, 1.82) is 0 Å². The molecule has 0 fully saturated rings. The molecule has 18 heavy (non-hydrogen) atoms. The molecule has 4 nitrogen and oxygen atoms in total. The van der Waals surface area contributed by atoms with Crippen LogP contribution in [0.5, 0.6) is 0 Å². The van der Waals surface area contributed by atoms with Crippen LogP contribution in [-0.2, 0) is 13.1 Å². The first-order chi connectivity index (χ1) is 8.67. The number of halogens is 1. The molecule has 0 bridgehead atoms. The normalized spacial score (nSPS) is 10.9. The lowest BCUT2D eigenvalue weighted by Gasteiger charge is -2.10. The highest BCUT2D eigenvalue weighted by Crippen LogP contribution is 2.23. The molecule has 1 aromatic carbocycles. The molecular formula is C13H17FN4. The van der Waals surface area contributed by atoms with Crippen molar-refractivity contribution in [2.75, 3.05) is 0 Å². The second-order valence-corrected chi connectivity index (χ2v) is 4.25. The minimum absolute atomic E-state index is 0.239. The lowest BCUT2D eigenvalue weighted by molar-refractivity contribution is 0.625. The van der Waals surface area contributed by atoms with Gasteiger partial charge in [-0.2, -0.15) is 0 Å². The predicted octanol–water partition coefficient (Wildman–Crippen LogP) is 2.26. The molecule has 0 saturated carbocycles. The summed E-state index contributed by atoms with van der Waals surface area (Å²) in [5, 5.41) is 8.26. The third-order valence-electron chi connectivity index (χ3n) is 2.89. The van der Waals surface area contributed by atoms with Crippen molar-refractivity contribution < 1.29 is 4.39 Å². The fourth-order valence-electron chi connectivity index (χ4n) is 2.02. The van der Waals surface area contributed by atoms with Crippen LogP contribution < -0.4 is 5.73 Å². The molecule has 0 spiro atoms. The maximum absolute atomic E-state index is 13.1. The van der Waals surface area contributed by atoms with Gasteiger partial charge >= 0.3 is 0 Å². The summed E-state index contributed by atoms with van der Waals surface area (Å²) < 4.78 is 15.1. The van der Waals surface area contributed by atoms with E-state index in [1.807, 2.05) is 11.5 Å². The first kappa shape index (κ1) is 12.7. The van der Waals surface area contributed by atoms with E-state index in [0.29, 0.717) is 6.54 Å². The maximum Gasteiger partial charge on any atom is 0.164 e. The Balaban J connectivity index is 2.52. The summed E-state index contributed by atoms with van der Waals surface area (Å²) in [5.74, 6) is 1.28. The van der Waals surface area contributed by atoms with Gasteiger partial charge in [-0.3, -0.25) is 0 Å². The fraction of sp³-hybridized carbons (Fsp3) is 0.385. The van der Waals surface area contributed by atoms with Crippen LogP contribution >= 0.6 is 0 Å². The highest BCUT2D eigenvalue weighted by Gasteiger charge is 2.14. The molecule has 0 atom stereocenters. The molecule has 0 amide bonds. The number of rotatable bonds is 4. The first-order valence-corrected chi connectivity index (χ1v) is 6.06. The average Bonchev–Trinajstić information content (AvgIpc) is 2.73. The maximum atomic E-state index is 13.1. The Bertz CT molecular complexity index is 548. The molecule has 96 valence electrons. The van der Waals surface area contributed by atoms with Gasteiger partial charge < -0.3 is 10.3 Å². The van der Waals surface area contributed by atoms with Gasteiger partial charge in [-0.05, 0) is 37.1 Å². The van der Waals surface area contributed by atoms with Crippen molar-refractivity contribution in [3.63, 3.8) is 0 Å². The number of nitrogens with zero attached hydrogens (tertiary/aromatic N) is 3. The Labute approximate surface area is 106 Å². The summed E-state index contributed by atoms with van der Waals surface area (Å²) >= 11 is 0. The number of hydrogen-bond acceptors (Lipinski definition) is 3. The summed E-state index contributed by atoms with van der Waals surface area (Å²) in [6.07, 6.45) is 0.971. The molecular weight excluding hydrogens is 231 g/mol. The molecule has 0 aliphatic rings. The minimum atomic E-state index is -0.239. The van der Waals surface area contributed by atoms with E-state index in [4.69, 9.17) is 5.73 Å². The van der Waals surface area contributed by atoms with E-state index in [9.17, 15) is 4.39 Å². The quantitative estimate of drug-likeness (QED) is 0.903. The zero-order valence-corrected chi connectivity index (χ0v) is 10.7. The van der Waals surface area contributed by atoms with E-state index < -0.39 is 0 Å². The Hall–Kier alpha value is -1.75. The number of aromatic nitrogens is 3. The summed E-state index contributed by atoms with van der Waals surface area (Å²) in [4.78, 5) is 0. The molecule has 1 heterocycles. The lowest BCUT2D eigenvalue weighted by atomic mass is 10.1. The van der Waals surface area contributed by atoms with Gasteiger partial charge in [0, 0.05) is 12.1 Å². The van der Waals surface area contributed by atoms with Crippen LogP contribution in [0.4, 0.5) is 4.39 Å². The first-order valence-electron chi connectivity index (χ1n) is 6.06. The lowest BCUT2D eigenvalue weighted by Crippen LogP contribution is -2.09. The Morgan fingerprint density at radius 2 is 2.11 bits per heavy atom. The molecule has 0 aliphatic carbocycles. The number of aryl methyl sites for hydroxylation is 1. The molecule has 0 radical (unpaired) electrons. The van der Waals surface area contributed by atoms with E-state index in [1.54, 1.807) is 6.07 Å². The molecule has 1 aromatic heterocycles.